The van der Waals surface area contributed by atoms with E-state index in [0.29, 0.717) is 12.7 Å². The van der Waals surface area contributed by atoms with Gasteiger partial charge in [0.1, 0.15) is 5.82 Å². The summed E-state index contributed by atoms with van der Waals surface area (Å²) in [5, 5.41) is 0. The number of nitrogens with two attached hydrogens (primary N) is 1. The highest BCUT2D eigenvalue weighted by Gasteiger charge is 2.15. The predicted octanol–water partition coefficient (Wildman–Crippen LogP) is 0.0537. The number of nitrogen functional groups attached to an aromatic ring is 1. The van der Waals surface area contributed by atoms with Crippen LogP contribution in [0, 0.1) is 0 Å². The Kier molecular flexibility index (Phi) is 2.71. The fraction of sp³-hybridized carbons (Fsp3) is 0.375. The van der Waals surface area contributed by atoms with Gasteiger partial charge in [0, 0.05) is 6.20 Å². The molecule has 0 aliphatic rings. The lowest BCUT2D eigenvalue weighted by atomic mass is 9.57. The summed E-state index contributed by atoms with van der Waals surface area (Å²) < 4.78 is 0. The molecule has 0 aliphatic carbocycles. The number of rotatable bonds is 2. The van der Waals surface area contributed by atoms with Gasteiger partial charge in [0.25, 0.3) is 6.85 Å². The summed E-state index contributed by atoms with van der Waals surface area (Å²) in [4.78, 5) is 6.14. The van der Waals surface area contributed by atoms with Crippen LogP contribution in [0.5, 0.6) is 0 Å². The fourth-order valence-electron chi connectivity index (χ4n) is 1.06. The van der Waals surface area contributed by atoms with Crippen molar-refractivity contribution in [2.45, 2.75) is 6.82 Å². The fourth-order valence-corrected chi connectivity index (χ4v) is 1.06. The van der Waals surface area contributed by atoms with Crippen LogP contribution in [0.1, 0.15) is 0 Å². The summed E-state index contributed by atoms with van der Waals surface area (Å²) in [5.74, 6) is 0.624. The number of anilines is 1. The molecule has 12 heavy (non-hydrogen) atoms. The van der Waals surface area contributed by atoms with Crippen LogP contribution in [0.15, 0.2) is 18.3 Å². The van der Waals surface area contributed by atoms with Crippen LogP contribution in [0.2, 0.25) is 6.82 Å². The van der Waals surface area contributed by atoms with Gasteiger partial charge in [0.2, 0.25) is 0 Å². The summed E-state index contributed by atoms with van der Waals surface area (Å²) in [7, 11) is 4.05. The zero-order valence-corrected chi connectivity index (χ0v) is 7.78. The molecule has 0 aromatic carbocycles. The number of hydrogen-bond donors (Lipinski definition) is 1. The molecule has 1 rings (SSSR count). The standard InChI is InChI=1S/C8H14BN3/c1-9(12(2)3)7-5-4-6-11-8(7)10/h4-6H,1-3H3,(H2,10,11). The van der Waals surface area contributed by atoms with Gasteiger partial charge in [-0.1, -0.05) is 12.9 Å². The number of hydrogen-bond acceptors (Lipinski definition) is 3. The maximum Gasteiger partial charge on any atom is 0.258 e. The van der Waals surface area contributed by atoms with E-state index in [-0.39, 0.29) is 0 Å². The minimum atomic E-state index is 0.318. The van der Waals surface area contributed by atoms with Crippen molar-refractivity contribution in [1.82, 2.24) is 9.79 Å². The average Bonchev–Trinajstić information content (AvgIpc) is 2.04. The summed E-state index contributed by atoms with van der Waals surface area (Å²) in [6, 6.07) is 3.92. The molecule has 0 radical (unpaired) electrons. The van der Waals surface area contributed by atoms with Gasteiger partial charge < -0.3 is 10.5 Å². The van der Waals surface area contributed by atoms with Crippen LogP contribution in [-0.4, -0.2) is 30.7 Å². The number of aromatic nitrogens is 1. The molecule has 0 atom stereocenters. The Hall–Kier alpha value is -1.03. The van der Waals surface area contributed by atoms with Crippen LogP contribution in [0.4, 0.5) is 5.82 Å². The predicted molar refractivity (Wildman–Crippen MR) is 53.6 cm³/mol. The first-order valence-corrected chi connectivity index (χ1v) is 3.99. The van der Waals surface area contributed by atoms with Crippen molar-refractivity contribution < 1.29 is 0 Å². The second-order valence-corrected chi connectivity index (χ2v) is 3.12. The van der Waals surface area contributed by atoms with Crippen molar-refractivity contribution in [3.8, 4) is 0 Å². The molecule has 0 aliphatic heterocycles. The third kappa shape index (κ3) is 1.77. The van der Waals surface area contributed by atoms with Gasteiger partial charge in [-0.05, 0) is 25.6 Å². The lowest BCUT2D eigenvalue weighted by Gasteiger charge is -2.17. The van der Waals surface area contributed by atoms with Gasteiger partial charge in [-0.15, -0.1) is 0 Å². The minimum Gasteiger partial charge on any atom is -0.384 e. The summed E-state index contributed by atoms with van der Waals surface area (Å²) in [6.45, 7) is 2.42. The molecular formula is C8H14BN3. The van der Waals surface area contributed by atoms with E-state index in [9.17, 15) is 0 Å². The highest BCUT2D eigenvalue weighted by atomic mass is 15.0. The average molecular weight is 163 g/mol. The minimum absolute atomic E-state index is 0.318. The van der Waals surface area contributed by atoms with Crippen LogP contribution in [0.25, 0.3) is 0 Å². The van der Waals surface area contributed by atoms with E-state index in [2.05, 4.69) is 16.6 Å². The quantitative estimate of drug-likeness (QED) is 0.626. The molecule has 1 aromatic heterocycles. The second kappa shape index (κ2) is 3.58. The number of nitrogens with zero attached hydrogens (tertiary/aromatic N) is 2. The van der Waals surface area contributed by atoms with Crippen LogP contribution in [0.3, 0.4) is 0 Å². The largest absolute Gasteiger partial charge is 0.384 e. The summed E-state index contributed by atoms with van der Waals surface area (Å²) >= 11 is 0. The lowest BCUT2D eigenvalue weighted by molar-refractivity contribution is 0.653. The van der Waals surface area contributed by atoms with Crippen molar-refractivity contribution in [2.24, 2.45) is 0 Å². The van der Waals surface area contributed by atoms with Crippen LogP contribution in [-0.2, 0) is 0 Å². The third-order valence-electron chi connectivity index (χ3n) is 2.10. The van der Waals surface area contributed by atoms with Crippen molar-refractivity contribution in [3.63, 3.8) is 0 Å². The van der Waals surface area contributed by atoms with Gasteiger partial charge in [-0.3, -0.25) is 0 Å². The molecule has 3 nitrogen and oxygen atoms in total. The molecule has 0 amide bonds. The highest BCUT2D eigenvalue weighted by molar-refractivity contribution is 6.70. The van der Waals surface area contributed by atoms with Crippen molar-refractivity contribution in [2.75, 3.05) is 19.8 Å². The Morgan fingerprint density at radius 2 is 2.17 bits per heavy atom. The number of pyridine rings is 1. The van der Waals surface area contributed by atoms with E-state index in [4.69, 9.17) is 5.73 Å². The smallest absolute Gasteiger partial charge is 0.258 e. The molecule has 0 fully saturated rings. The SMILES string of the molecule is CB(c1cccnc1N)N(C)C. The van der Waals surface area contributed by atoms with E-state index in [1.165, 1.54) is 0 Å². The van der Waals surface area contributed by atoms with E-state index in [0.717, 1.165) is 5.46 Å². The Balaban J connectivity index is 2.94. The van der Waals surface area contributed by atoms with Gasteiger partial charge in [-0.25, -0.2) is 4.98 Å². The first-order valence-electron chi connectivity index (χ1n) is 3.99. The second-order valence-electron chi connectivity index (χ2n) is 3.12. The molecule has 1 aromatic rings. The molecule has 1 heterocycles. The van der Waals surface area contributed by atoms with E-state index in [1.807, 2.05) is 26.2 Å². The molecule has 0 saturated carbocycles. The van der Waals surface area contributed by atoms with Crippen molar-refractivity contribution >= 4 is 18.1 Å². The topological polar surface area (TPSA) is 42.1 Å². The maximum absolute atomic E-state index is 5.72. The van der Waals surface area contributed by atoms with Gasteiger partial charge in [-0.2, -0.15) is 0 Å². The first-order chi connectivity index (χ1) is 5.63. The van der Waals surface area contributed by atoms with Gasteiger partial charge in [0.05, 0.1) is 0 Å². The molecule has 0 bridgehead atoms. The summed E-state index contributed by atoms with van der Waals surface area (Å²) in [5.41, 5.74) is 6.81. The maximum atomic E-state index is 5.72. The lowest BCUT2D eigenvalue weighted by Crippen LogP contribution is -2.42. The monoisotopic (exact) mass is 163 g/mol. The normalized spacial score (nSPS) is 10.3. The molecule has 0 unspecified atom stereocenters. The highest BCUT2D eigenvalue weighted by Crippen LogP contribution is 1.96. The molecular weight excluding hydrogens is 149 g/mol. The van der Waals surface area contributed by atoms with Crippen molar-refractivity contribution in [3.05, 3.63) is 18.3 Å². The molecule has 64 valence electrons. The van der Waals surface area contributed by atoms with E-state index >= 15 is 0 Å². The summed E-state index contributed by atoms with van der Waals surface area (Å²) in [6.07, 6.45) is 1.71. The van der Waals surface area contributed by atoms with Crippen molar-refractivity contribution in [1.29, 1.82) is 0 Å². The van der Waals surface area contributed by atoms with Gasteiger partial charge in [0.15, 0.2) is 0 Å². The van der Waals surface area contributed by atoms with Crippen LogP contribution >= 0.6 is 0 Å². The molecule has 0 saturated heterocycles. The Bertz CT molecular complexity index is 262. The van der Waals surface area contributed by atoms with E-state index < -0.39 is 0 Å². The van der Waals surface area contributed by atoms with Gasteiger partial charge >= 0.3 is 0 Å². The zero-order valence-electron chi connectivity index (χ0n) is 7.78. The molecule has 4 heteroatoms. The Labute approximate surface area is 73.7 Å². The Morgan fingerprint density at radius 1 is 1.50 bits per heavy atom. The Morgan fingerprint density at radius 3 is 2.67 bits per heavy atom. The molecule has 2 N–H and O–H groups in total. The molecule has 0 spiro atoms. The zero-order chi connectivity index (χ0) is 9.14. The van der Waals surface area contributed by atoms with E-state index in [1.54, 1.807) is 6.20 Å². The van der Waals surface area contributed by atoms with Crippen LogP contribution < -0.4 is 11.2 Å². The third-order valence-corrected chi connectivity index (χ3v) is 2.10. The first kappa shape index (κ1) is 9.07.